The number of halogens is 1. The van der Waals surface area contributed by atoms with Gasteiger partial charge in [-0.05, 0) is 49.1 Å². The second-order valence-electron chi connectivity index (χ2n) is 5.01. The van der Waals surface area contributed by atoms with Gasteiger partial charge >= 0.3 is 0 Å². The van der Waals surface area contributed by atoms with Gasteiger partial charge in [0.15, 0.2) is 0 Å². The lowest BCUT2D eigenvalue weighted by atomic mass is 9.97. The summed E-state index contributed by atoms with van der Waals surface area (Å²) in [7, 11) is 0. The fourth-order valence-corrected chi connectivity index (χ4v) is 2.44. The molecular weight excluding hydrogens is 251 g/mol. The molecule has 2 nitrogen and oxygen atoms in total. The van der Waals surface area contributed by atoms with Gasteiger partial charge in [0.2, 0.25) is 0 Å². The van der Waals surface area contributed by atoms with Crippen LogP contribution in [0.1, 0.15) is 36.1 Å². The molecule has 0 aliphatic rings. The molecule has 106 valence electrons. The maximum Gasteiger partial charge on any atom is 0.141 e. The average molecular weight is 272 g/mol. The van der Waals surface area contributed by atoms with Crippen molar-refractivity contribution in [1.82, 2.24) is 10.3 Å². The summed E-state index contributed by atoms with van der Waals surface area (Å²) in [5, 5.41) is 3.41. The van der Waals surface area contributed by atoms with E-state index in [9.17, 15) is 4.39 Å². The molecule has 0 radical (unpaired) electrons. The third kappa shape index (κ3) is 3.87. The molecule has 2 aromatic rings. The number of hydrogen-bond donors (Lipinski definition) is 1. The van der Waals surface area contributed by atoms with Gasteiger partial charge in [0.25, 0.3) is 0 Å². The predicted molar refractivity (Wildman–Crippen MR) is 80.1 cm³/mol. The van der Waals surface area contributed by atoms with Crippen molar-refractivity contribution in [2.24, 2.45) is 0 Å². The fourth-order valence-electron chi connectivity index (χ4n) is 2.44. The number of rotatable bonds is 6. The first kappa shape index (κ1) is 14.7. The van der Waals surface area contributed by atoms with E-state index in [1.807, 2.05) is 0 Å². The maximum atomic E-state index is 13.3. The Bertz CT molecular complexity index is 554. The van der Waals surface area contributed by atoms with E-state index in [-0.39, 0.29) is 11.9 Å². The molecule has 0 fully saturated rings. The monoisotopic (exact) mass is 272 g/mol. The smallest absolute Gasteiger partial charge is 0.141 e. The van der Waals surface area contributed by atoms with Crippen molar-refractivity contribution in [2.75, 3.05) is 6.54 Å². The van der Waals surface area contributed by atoms with E-state index < -0.39 is 0 Å². The summed E-state index contributed by atoms with van der Waals surface area (Å²) in [5.74, 6) is -0.277. The molecule has 1 atom stereocenters. The molecule has 1 N–H and O–H groups in total. The zero-order valence-corrected chi connectivity index (χ0v) is 12.1. The van der Waals surface area contributed by atoms with Crippen LogP contribution in [0.4, 0.5) is 4.39 Å². The molecule has 0 aliphatic carbocycles. The highest BCUT2D eigenvalue weighted by molar-refractivity contribution is 5.26. The van der Waals surface area contributed by atoms with Gasteiger partial charge in [-0.1, -0.05) is 31.2 Å². The second kappa shape index (κ2) is 7.15. The third-order valence-corrected chi connectivity index (χ3v) is 3.54. The molecule has 20 heavy (non-hydrogen) atoms. The van der Waals surface area contributed by atoms with E-state index in [0.717, 1.165) is 24.9 Å². The number of hydrogen-bond acceptors (Lipinski definition) is 2. The van der Waals surface area contributed by atoms with Crippen LogP contribution in [0, 0.1) is 12.7 Å². The van der Waals surface area contributed by atoms with Gasteiger partial charge in [-0.3, -0.25) is 4.98 Å². The fraction of sp³-hybridized carbons (Fsp3) is 0.353. The van der Waals surface area contributed by atoms with Crippen molar-refractivity contribution >= 4 is 0 Å². The van der Waals surface area contributed by atoms with E-state index in [1.54, 1.807) is 12.3 Å². The maximum absolute atomic E-state index is 13.3. The Kier molecular flexibility index (Phi) is 5.24. The highest BCUT2D eigenvalue weighted by Crippen LogP contribution is 2.20. The van der Waals surface area contributed by atoms with Crippen molar-refractivity contribution in [1.29, 1.82) is 0 Å². The minimum absolute atomic E-state index is 0.141. The minimum atomic E-state index is -0.277. The standard InChI is InChI=1S/C17H21FN2/c1-3-20-17(15-10-16(18)12-19-11-15)9-8-14-7-5-4-6-13(14)2/h4-7,10-12,17,20H,3,8-9H2,1-2H3. The molecule has 0 amide bonds. The summed E-state index contributed by atoms with van der Waals surface area (Å²) >= 11 is 0. The van der Waals surface area contributed by atoms with Gasteiger partial charge in [-0.2, -0.15) is 0 Å². The number of nitrogens with one attached hydrogen (secondary N) is 1. The van der Waals surface area contributed by atoms with Crippen LogP contribution in [-0.4, -0.2) is 11.5 Å². The molecule has 0 bridgehead atoms. The van der Waals surface area contributed by atoms with Crippen LogP contribution in [-0.2, 0) is 6.42 Å². The van der Waals surface area contributed by atoms with Crippen LogP contribution >= 0.6 is 0 Å². The van der Waals surface area contributed by atoms with Crippen LogP contribution < -0.4 is 5.32 Å². The van der Waals surface area contributed by atoms with E-state index in [0.29, 0.717) is 0 Å². The van der Waals surface area contributed by atoms with Crippen LogP contribution in [0.2, 0.25) is 0 Å². The van der Waals surface area contributed by atoms with Crippen LogP contribution in [0.5, 0.6) is 0 Å². The molecule has 1 aromatic carbocycles. The van der Waals surface area contributed by atoms with Crippen molar-refractivity contribution in [3.63, 3.8) is 0 Å². The summed E-state index contributed by atoms with van der Waals surface area (Å²) in [6.45, 7) is 5.05. The third-order valence-electron chi connectivity index (χ3n) is 3.54. The van der Waals surface area contributed by atoms with Crippen molar-refractivity contribution in [3.8, 4) is 0 Å². The molecule has 1 unspecified atom stereocenters. The van der Waals surface area contributed by atoms with Crippen LogP contribution in [0.25, 0.3) is 0 Å². The number of benzene rings is 1. The molecule has 1 aromatic heterocycles. The van der Waals surface area contributed by atoms with Crippen molar-refractivity contribution in [3.05, 3.63) is 65.2 Å². The second-order valence-corrected chi connectivity index (χ2v) is 5.01. The van der Waals surface area contributed by atoms with Crippen LogP contribution in [0.3, 0.4) is 0 Å². The summed E-state index contributed by atoms with van der Waals surface area (Å²) in [6, 6.07) is 10.1. The van der Waals surface area contributed by atoms with Gasteiger partial charge in [0, 0.05) is 12.2 Å². The number of aryl methyl sites for hydroxylation is 2. The summed E-state index contributed by atoms with van der Waals surface area (Å²) in [5.41, 5.74) is 3.57. The SMILES string of the molecule is CCNC(CCc1ccccc1C)c1cncc(F)c1. The molecule has 0 saturated carbocycles. The Labute approximate surface area is 120 Å². The highest BCUT2D eigenvalue weighted by Gasteiger charge is 2.12. The van der Waals surface area contributed by atoms with E-state index >= 15 is 0 Å². The van der Waals surface area contributed by atoms with E-state index in [1.165, 1.54) is 17.3 Å². The predicted octanol–water partition coefficient (Wildman–Crippen LogP) is 3.81. The molecule has 2 rings (SSSR count). The molecule has 1 heterocycles. The Balaban J connectivity index is 2.08. The molecule has 0 saturated heterocycles. The Morgan fingerprint density at radius 3 is 2.75 bits per heavy atom. The van der Waals surface area contributed by atoms with Gasteiger partial charge < -0.3 is 5.32 Å². The Hall–Kier alpha value is -1.74. The van der Waals surface area contributed by atoms with E-state index in [2.05, 4.69) is 48.4 Å². The summed E-state index contributed by atoms with van der Waals surface area (Å²) in [4.78, 5) is 3.94. The average Bonchev–Trinajstić information content (AvgIpc) is 2.45. The van der Waals surface area contributed by atoms with Crippen molar-refractivity contribution < 1.29 is 4.39 Å². The molecular formula is C17H21FN2. The van der Waals surface area contributed by atoms with Gasteiger partial charge in [-0.25, -0.2) is 4.39 Å². The first-order valence-electron chi connectivity index (χ1n) is 7.09. The minimum Gasteiger partial charge on any atom is -0.310 e. The topological polar surface area (TPSA) is 24.9 Å². The molecule has 3 heteroatoms. The van der Waals surface area contributed by atoms with Crippen molar-refractivity contribution in [2.45, 2.75) is 32.7 Å². The highest BCUT2D eigenvalue weighted by atomic mass is 19.1. The first-order chi connectivity index (χ1) is 9.70. The van der Waals surface area contributed by atoms with Gasteiger partial charge in [0.1, 0.15) is 5.82 Å². The van der Waals surface area contributed by atoms with Crippen LogP contribution in [0.15, 0.2) is 42.7 Å². The lowest BCUT2D eigenvalue weighted by Gasteiger charge is -2.18. The normalized spacial score (nSPS) is 12.3. The lowest BCUT2D eigenvalue weighted by Crippen LogP contribution is -2.22. The Morgan fingerprint density at radius 1 is 1.25 bits per heavy atom. The van der Waals surface area contributed by atoms with Gasteiger partial charge in [-0.15, -0.1) is 0 Å². The zero-order valence-electron chi connectivity index (χ0n) is 12.1. The zero-order chi connectivity index (χ0) is 14.4. The largest absolute Gasteiger partial charge is 0.310 e. The first-order valence-corrected chi connectivity index (χ1v) is 7.09. The molecule has 0 spiro atoms. The Morgan fingerprint density at radius 2 is 2.05 bits per heavy atom. The lowest BCUT2D eigenvalue weighted by molar-refractivity contribution is 0.508. The number of pyridine rings is 1. The summed E-state index contributed by atoms with van der Waals surface area (Å²) < 4.78 is 13.3. The van der Waals surface area contributed by atoms with Gasteiger partial charge in [0.05, 0.1) is 6.20 Å². The molecule has 0 aliphatic heterocycles. The summed E-state index contributed by atoms with van der Waals surface area (Å²) in [6.07, 6.45) is 4.90. The van der Waals surface area contributed by atoms with E-state index in [4.69, 9.17) is 0 Å². The number of aromatic nitrogens is 1. The number of nitrogens with zero attached hydrogens (tertiary/aromatic N) is 1. The quantitative estimate of drug-likeness (QED) is 0.865.